The molecule has 1 aromatic carbocycles. The van der Waals surface area contributed by atoms with E-state index in [1.165, 1.54) is 6.42 Å². The average Bonchev–Trinajstić information content (AvgIpc) is 3.06. The lowest BCUT2D eigenvalue weighted by molar-refractivity contribution is -0.138. The highest BCUT2D eigenvalue weighted by molar-refractivity contribution is 5.99. The fourth-order valence-corrected chi connectivity index (χ4v) is 5.23. The zero-order valence-corrected chi connectivity index (χ0v) is 17.5. The molecule has 0 bridgehead atoms. The van der Waals surface area contributed by atoms with Crippen molar-refractivity contribution >= 4 is 17.7 Å². The first-order valence-corrected chi connectivity index (χ1v) is 10.8. The Kier molecular flexibility index (Phi) is 5.36. The van der Waals surface area contributed by atoms with E-state index in [1.54, 1.807) is 6.92 Å². The lowest BCUT2D eigenvalue weighted by Crippen LogP contribution is -2.58. The highest BCUT2D eigenvalue weighted by atomic mass is 16.2. The number of hydrogen-bond donors (Lipinski definition) is 0. The maximum atomic E-state index is 13.3. The molecule has 3 aliphatic heterocycles. The molecule has 0 N–H and O–H groups in total. The van der Waals surface area contributed by atoms with Gasteiger partial charge >= 0.3 is 0 Å². The number of carbonyl (C=O) groups excluding carboxylic acids is 3. The van der Waals surface area contributed by atoms with Crippen LogP contribution in [0, 0.1) is 5.92 Å². The quantitative estimate of drug-likeness (QED) is 0.788. The van der Waals surface area contributed by atoms with Crippen molar-refractivity contribution < 1.29 is 14.4 Å². The third-order valence-electron chi connectivity index (χ3n) is 7.02. The van der Waals surface area contributed by atoms with Crippen LogP contribution < -0.4 is 0 Å². The van der Waals surface area contributed by atoms with Crippen LogP contribution in [0.3, 0.4) is 0 Å². The van der Waals surface area contributed by atoms with E-state index in [-0.39, 0.29) is 17.7 Å². The Bertz CT molecular complexity index is 813. The number of hydrogen-bond acceptors (Lipinski definition) is 3. The number of carbonyl (C=O) groups is 3. The van der Waals surface area contributed by atoms with E-state index in [4.69, 9.17) is 0 Å². The summed E-state index contributed by atoms with van der Waals surface area (Å²) in [6.07, 6.45) is 3.88. The molecule has 156 valence electrons. The van der Waals surface area contributed by atoms with Crippen LogP contribution in [0.5, 0.6) is 0 Å². The lowest BCUT2D eigenvalue weighted by Gasteiger charge is -2.48. The normalized spacial score (nSPS) is 23.9. The SMILES string of the molecule is CC(=O)N1CCC(CC(=O)N2CCCC(C)C2)(N2Cc3ccccc3C2=O)CC1. The Morgan fingerprint density at radius 1 is 1.10 bits per heavy atom. The molecule has 6 heteroatoms. The van der Waals surface area contributed by atoms with Crippen molar-refractivity contribution in [1.29, 1.82) is 0 Å². The van der Waals surface area contributed by atoms with E-state index in [1.807, 2.05) is 39.0 Å². The minimum atomic E-state index is -0.514. The van der Waals surface area contributed by atoms with E-state index < -0.39 is 5.54 Å². The molecule has 6 nitrogen and oxygen atoms in total. The molecule has 0 radical (unpaired) electrons. The van der Waals surface area contributed by atoms with Gasteiger partial charge in [0.1, 0.15) is 0 Å². The van der Waals surface area contributed by atoms with E-state index >= 15 is 0 Å². The van der Waals surface area contributed by atoms with Gasteiger partial charge in [0.15, 0.2) is 0 Å². The molecule has 3 heterocycles. The van der Waals surface area contributed by atoms with Crippen molar-refractivity contribution in [3.05, 3.63) is 35.4 Å². The first-order chi connectivity index (χ1) is 13.9. The molecular formula is C23H31N3O3. The lowest BCUT2D eigenvalue weighted by atomic mass is 9.81. The number of fused-ring (bicyclic) bond motifs is 1. The molecule has 0 aromatic heterocycles. The molecule has 1 atom stereocenters. The summed E-state index contributed by atoms with van der Waals surface area (Å²) in [6.45, 7) is 7.15. The molecule has 0 spiro atoms. The van der Waals surface area contributed by atoms with Crippen LogP contribution in [0.15, 0.2) is 24.3 Å². The van der Waals surface area contributed by atoms with Crippen LogP contribution in [-0.4, -0.2) is 64.1 Å². The summed E-state index contributed by atoms with van der Waals surface area (Å²) in [5.74, 6) is 0.764. The highest BCUT2D eigenvalue weighted by Crippen LogP contribution is 2.39. The molecule has 2 fully saturated rings. The third-order valence-corrected chi connectivity index (χ3v) is 7.02. The van der Waals surface area contributed by atoms with Crippen LogP contribution >= 0.6 is 0 Å². The van der Waals surface area contributed by atoms with E-state index in [9.17, 15) is 14.4 Å². The summed E-state index contributed by atoms with van der Waals surface area (Å²) in [7, 11) is 0. The Hall–Kier alpha value is -2.37. The van der Waals surface area contributed by atoms with Gasteiger partial charge in [-0.2, -0.15) is 0 Å². The average molecular weight is 398 g/mol. The minimum Gasteiger partial charge on any atom is -0.343 e. The first kappa shape index (κ1) is 19.9. The Morgan fingerprint density at radius 3 is 2.48 bits per heavy atom. The predicted molar refractivity (Wildman–Crippen MR) is 110 cm³/mol. The fourth-order valence-electron chi connectivity index (χ4n) is 5.23. The van der Waals surface area contributed by atoms with Crippen molar-refractivity contribution in [3.63, 3.8) is 0 Å². The third kappa shape index (κ3) is 3.77. The second kappa shape index (κ2) is 7.81. The van der Waals surface area contributed by atoms with Crippen LogP contribution in [0.2, 0.25) is 0 Å². The second-order valence-electron chi connectivity index (χ2n) is 9.04. The fraction of sp³-hybridized carbons (Fsp3) is 0.609. The van der Waals surface area contributed by atoms with Gasteiger partial charge in [0.05, 0.1) is 12.0 Å². The largest absolute Gasteiger partial charge is 0.343 e. The maximum absolute atomic E-state index is 13.3. The molecule has 1 unspecified atom stereocenters. The number of rotatable bonds is 3. The van der Waals surface area contributed by atoms with E-state index in [0.717, 1.165) is 30.6 Å². The van der Waals surface area contributed by atoms with Crippen LogP contribution in [-0.2, 0) is 16.1 Å². The summed E-state index contributed by atoms with van der Waals surface area (Å²) >= 11 is 0. The Morgan fingerprint density at radius 2 is 1.83 bits per heavy atom. The maximum Gasteiger partial charge on any atom is 0.254 e. The second-order valence-corrected chi connectivity index (χ2v) is 9.04. The van der Waals surface area contributed by atoms with Crippen molar-refractivity contribution in [2.45, 2.75) is 58.0 Å². The summed E-state index contributed by atoms with van der Waals surface area (Å²) < 4.78 is 0. The Balaban J connectivity index is 1.58. The molecule has 0 aliphatic carbocycles. The van der Waals surface area contributed by atoms with Gasteiger partial charge in [-0.05, 0) is 43.2 Å². The van der Waals surface area contributed by atoms with Crippen molar-refractivity contribution in [1.82, 2.24) is 14.7 Å². The van der Waals surface area contributed by atoms with Gasteiger partial charge in [-0.15, -0.1) is 0 Å². The smallest absolute Gasteiger partial charge is 0.254 e. The zero-order valence-electron chi connectivity index (χ0n) is 17.5. The van der Waals surface area contributed by atoms with Crippen molar-refractivity contribution in [2.24, 2.45) is 5.92 Å². The topological polar surface area (TPSA) is 60.9 Å². The molecular weight excluding hydrogens is 366 g/mol. The molecule has 29 heavy (non-hydrogen) atoms. The molecule has 4 rings (SSSR count). The highest BCUT2D eigenvalue weighted by Gasteiger charge is 2.47. The standard InChI is InChI=1S/C23H31N3O3/c1-17-6-5-11-25(15-17)21(28)14-23(9-12-24(13-10-23)18(2)27)26-16-19-7-3-4-8-20(19)22(26)29/h3-4,7-8,17H,5-6,9-16H2,1-2H3. The number of nitrogens with zero attached hydrogens (tertiary/aromatic N) is 3. The van der Waals surface area contributed by atoms with Gasteiger partial charge in [-0.25, -0.2) is 0 Å². The van der Waals surface area contributed by atoms with Gasteiger partial charge in [0.2, 0.25) is 11.8 Å². The summed E-state index contributed by atoms with van der Waals surface area (Å²) in [5.41, 5.74) is 1.27. The van der Waals surface area contributed by atoms with Gasteiger partial charge in [0.25, 0.3) is 5.91 Å². The molecule has 0 saturated carbocycles. The van der Waals surface area contributed by atoms with Crippen LogP contribution in [0.4, 0.5) is 0 Å². The van der Waals surface area contributed by atoms with Crippen LogP contribution in [0.25, 0.3) is 0 Å². The van der Waals surface area contributed by atoms with Gasteiger partial charge < -0.3 is 14.7 Å². The zero-order chi connectivity index (χ0) is 20.6. The number of amides is 3. The van der Waals surface area contributed by atoms with Gasteiger partial charge in [-0.3, -0.25) is 14.4 Å². The van der Waals surface area contributed by atoms with Gasteiger partial charge in [-0.1, -0.05) is 25.1 Å². The van der Waals surface area contributed by atoms with Crippen LogP contribution in [0.1, 0.15) is 61.9 Å². The summed E-state index contributed by atoms with van der Waals surface area (Å²) in [4.78, 5) is 44.1. The Labute approximate surface area is 172 Å². The molecule has 2 saturated heterocycles. The molecule has 3 aliphatic rings. The summed E-state index contributed by atoms with van der Waals surface area (Å²) in [5, 5.41) is 0. The molecule has 3 amide bonds. The number of benzene rings is 1. The number of piperidine rings is 2. The van der Waals surface area contributed by atoms with E-state index in [0.29, 0.717) is 44.8 Å². The van der Waals surface area contributed by atoms with Crippen molar-refractivity contribution in [3.8, 4) is 0 Å². The summed E-state index contributed by atoms with van der Waals surface area (Å²) in [6, 6.07) is 7.73. The van der Waals surface area contributed by atoms with Gasteiger partial charge in [0, 0.05) is 45.2 Å². The molecule has 1 aromatic rings. The monoisotopic (exact) mass is 397 g/mol. The number of likely N-dealkylation sites (tertiary alicyclic amines) is 2. The van der Waals surface area contributed by atoms with E-state index in [2.05, 4.69) is 6.92 Å². The predicted octanol–water partition coefficient (Wildman–Crippen LogP) is 2.67. The minimum absolute atomic E-state index is 0.0247. The first-order valence-electron chi connectivity index (χ1n) is 10.8. The van der Waals surface area contributed by atoms with Crippen molar-refractivity contribution in [2.75, 3.05) is 26.2 Å².